The van der Waals surface area contributed by atoms with Crippen LogP contribution in [0.25, 0.3) is 0 Å². The van der Waals surface area contributed by atoms with E-state index in [-0.39, 0.29) is 24.3 Å². The number of likely N-dealkylation sites (tertiary alicyclic amines) is 1. The van der Waals surface area contributed by atoms with E-state index in [2.05, 4.69) is 5.32 Å². The van der Waals surface area contributed by atoms with Gasteiger partial charge in [0.05, 0.1) is 11.0 Å². The molecule has 2 fully saturated rings. The van der Waals surface area contributed by atoms with E-state index in [1.807, 2.05) is 0 Å². The number of nitrogens with zero attached hydrogens (tertiary/aromatic N) is 1. The maximum absolute atomic E-state index is 13.3. The first kappa shape index (κ1) is 23.9. The molecular formula is C23H22Cl2F3N3O2. The zero-order chi connectivity index (χ0) is 24.0. The molecule has 1 saturated heterocycles. The molecule has 1 saturated carbocycles. The highest BCUT2D eigenvalue weighted by atomic mass is 35.5. The number of benzene rings is 2. The fraction of sp³-hybridized carbons (Fsp3) is 0.391. The normalized spacial score (nSPS) is 18.4. The predicted octanol–water partition coefficient (Wildman–Crippen LogP) is 3.94. The number of nitrogens with two attached hydrogens (primary N) is 1. The molecular weight excluding hydrogens is 478 g/mol. The van der Waals surface area contributed by atoms with Gasteiger partial charge in [0.25, 0.3) is 0 Å². The zero-order valence-corrected chi connectivity index (χ0v) is 19.0. The van der Waals surface area contributed by atoms with Crippen molar-refractivity contribution in [3.8, 4) is 0 Å². The first-order chi connectivity index (χ1) is 15.5. The first-order valence-corrected chi connectivity index (χ1v) is 11.2. The molecule has 10 heteroatoms. The number of carbonyl (C=O) groups is 2. The van der Waals surface area contributed by atoms with Gasteiger partial charge in [-0.1, -0.05) is 41.4 Å². The molecule has 0 radical (unpaired) electrons. The van der Waals surface area contributed by atoms with Crippen LogP contribution >= 0.6 is 23.2 Å². The molecule has 1 atom stereocenters. The maximum atomic E-state index is 13.3. The van der Waals surface area contributed by atoms with Crippen LogP contribution in [-0.2, 0) is 27.6 Å². The van der Waals surface area contributed by atoms with Crippen LogP contribution in [-0.4, -0.2) is 41.9 Å². The number of rotatable bonds is 6. The van der Waals surface area contributed by atoms with Gasteiger partial charge in [-0.25, -0.2) is 0 Å². The second kappa shape index (κ2) is 8.81. The third-order valence-corrected chi connectivity index (χ3v) is 6.73. The molecule has 2 aromatic rings. The fourth-order valence-electron chi connectivity index (χ4n) is 4.10. The van der Waals surface area contributed by atoms with Gasteiger partial charge in [0.15, 0.2) is 0 Å². The quantitative estimate of drug-likeness (QED) is 0.631. The van der Waals surface area contributed by atoms with Gasteiger partial charge in [0.2, 0.25) is 11.8 Å². The van der Waals surface area contributed by atoms with E-state index in [0.717, 1.165) is 12.1 Å². The number of carbonyl (C=O) groups excluding carboxylic acids is 2. The van der Waals surface area contributed by atoms with Crippen LogP contribution in [0.5, 0.6) is 0 Å². The van der Waals surface area contributed by atoms with Crippen molar-refractivity contribution < 1.29 is 22.8 Å². The third kappa shape index (κ3) is 4.98. The summed E-state index contributed by atoms with van der Waals surface area (Å²) in [7, 11) is 0. The lowest BCUT2D eigenvalue weighted by Gasteiger charge is -2.39. The standard InChI is InChI=1S/C23H22Cl2F3N3O2/c24-15-5-6-17(18(25)10-15)22(7-8-22)21(33)30-19(20(32)31-11-16(29)12-31)9-13-1-3-14(4-2-13)23(26,27)28/h1-6,10,16,19H,7-9,11-12,29H2,(H,30,33)/t19-/m0/s1. The average Bonchev–Trinajstić information content (AvgIpc) is 3.52. The Labute approximate surface area is 199 Å². The molecule has 1 aliphatic heterocycles. The Morgan fingerprint density at radius 3 is 2.27 bits per heavy atom. The number of halogens is 5. The fourth-order valence-corrected chi connectivity index (χ4v) is 4.69. The minimum Gasteiger partial charge on any atom is -0.343 e. The van der Waals surface area contributed by atoms with Crippen molar-refractivity contribution in [3.05, 3.63) is 69.2 Å². The number of hydrogen-bond donors (Lipinski definition) is 2. The molecule has 0 bridgehead atoms. The Bertz CT molecular complexity index is 1070. The van der Waals surface area contributed by atoms with E-state index in [0.29, 0.717) is 47.1 Å². The van der Waals surface area contributed by atoms with Crippen LogP contribution in [0.3, 0.4) is 0 Å². The van der Waals surface area contributed by atoms with Crippen molar-refractivity contribution in [1.29, 1.82) is 0 Å². The Morgan fingerprint density at radius 2 is 1.76 bits per heavy atom. The Hall–Kier alpha value is -2.29. The summed E-state index contributed by atoms with van der Waals surface area (Å²) in [5.74, 6) is -0.662. The van der Waals surface area contributed by atoms with Crippen molar-refractivity contribution >= 4 is 35.0 Å². The van der Waals surface area contributed by atoms with E-state index < -0.39 is 23.2 Å². The minimum atomic E-state index is -4.45. The molecule has 176 valence electrons. The summed E-state index contributed by atoms with van der Waals surface area (Å²) in [4.78, 5) is 27.9. The lowest BCUT2D eigenvalue weighted by Crippen LogP contribution is -2.63. The highest BCUT2D eigenvalue weighted by Gasteiger charge is 2.53. The van der Waals surface area contributed by atoms with Crippen LogP contribution in [0.15, 0.2) is 42.5 Å². The van der Waals surface area contributed by atoms with Gasteiger partial charge in [0.1, 0.15) is 6.04 Å². The summed E-state index contributed by atoms with van der Waals surface area (Å²) in [6, 6.07) is 8.44. The summed E-state index contributed by atoms with van der Waals surface area (Å²) in [6.07, 6.45) is -3.27. The summed E-state index contributed by atoms with van der Waals surface area (Å²) in [5.41, 5.74) is 5.29. The molecule has 2 aliphatic rings. The monoisotopic (exact) mass is 499 g/mol. The molecule has 1 aliphatic carbocycles. The van der Waals surface area contributed by atoms with Crippen molar-refractivity contribution in [2.24, 2.45) is 5.73 Å². The number of hydrogen-bond acceptors (Lipinski definition) is 3. The van der Waals surface area contributed by atoms with Gasteiger partial charge in [-0.05, 0) is 48.2 Å². The van der Waals surface area contributed by atoms with Crippen LogP contribution in [0.4, 0.5) is 13.2 Å². The van der Waals surface area contributed by atoms with Gasteiger partial charge >= 0.3 is 6.18 Å². The summed E-state index contributed by atoms with van der Waals surface area (Å²) < 4.78 is 38.7. The Kier molecular flexibility index (Phi) is 6.37. The summed E-state index contributed by atoms with van der Waals surface area (Å²) >= 11 is 12.3. The molecule has 0 unspecified atom stereocenters. The number of nitrogens with one attached hydrogen (secondary N) is 1. The smallest absolute Gasteiger partial charge is 0.343 e. The zero-order valence-electron chi connectivity index (χ0n) is 17.5. The van der Waals surface area contributed by atoms with E-state index in [4.69, 9.17) is 28.9 Å². The van der Waals surface area contributed by atoms with Gasteiger partial charge in [-0.15, -0.1) is 0 Å². The molecule has 33 heavy (non-hydrogen) atoms. The molecule has 5 nitrogen and oxygen atoms in total. The topological polar surface area (TPSA) is 75.4 Å². The molecule has 3 N–H and O–H groups in total. The van der Waals surface area contributed by atoms with Crippen molar-refractivity contribution in [3.63, 3.8) is 0 Å². The van der Waals surface area contributed by atoms with Crippen molar-refractivity contribution in [2.45, 2.75) is 42.9 Å². The van der Waals surface area contributed by atoms with Crippen LogP contribution in [0.1, 0.15) is 29.5 Å². The Balaban J connectivity index is 1.55. The first-order valence-electron chi connectivity index (χ1n) is 10.5. The van der Waals surface area contributed by atoms with E-state index in [1.165, 1.54) is 17.0 Å². The largest absolute Gasteiger partial charge is 0.416 e. The molecule has 0 spiro atoms. The van der Waals surface area contributed by atoms with Gasteiger partial charge < -0.3 is 16.0 Å². The lowest BCUT2D eigenvalue weighted by atomic mass is 9.93. The SMILES string of the molecule is NC1CN(C(=O)[C@H](Cc2ccc(C(F)(F)F)cc2)NC(=O)C2(c3ccc(Cl)cc3Cl)CC2)C1. The van der Waals surface area contributed by atoms with Crippen LogP contribution in [0.2, 0.25) is 10.0 Å². The molecule has 0 aromatic heterocycles. The van der Waals surface area contributed by atoms with E-state index in [9.17, 15) is 22.8 Å². The highest BCUT2D eigenvalue weighted by Crippen LogP contribution is 2.51. The van der Waals surface area contributed by atoms with Crippen molar-refractivity contribution in [1.82, 2.24) is 10.2 Å². The van der Waals surface area contributed by atoms with Gasteiger partial charge in [-0.3, -0.25) is 9.59 Å². The summed E-state index contributed by atoms with van der Waals surface area (Å²) in [5, 5.41) is 3.65. The maximum Gasteiger partial charge on any atom is 0.416 e. The third-order valence-electron chi connectivity index (χ3n) is 6.18. The second-order valence-corrected chi connectivity index (χ2v) is 9.48. The van der Waals surface area contributed by atoms with Crippen LogP contribution in [0, 0.1) is 0 Å². The van der Waals surface area contributed by atoms with Gasteiger partial charge in [0, 0.05) is 35.6 Å². The minimum absolute atomic E-state index is 0.0544. The van der Waals surface area contributed by atoms with Crippen molar-refractivity contribution in [2.75, 3.05) is 13.1 Å². The average molecular weight is 500 g/mol. The lowest BCUT2D eigenvalue weighted by molar-refractivity contribution is -0.140. The number of alkyl halides is 3. The predicted molar refractivity (Wildman–Crippen MR) is 119 cm³/mol. The highest BCUT2D eigenvalue weighted by molar-refractivity contribution is 6.35. The van der Waals surface area contributed by atoms with E-state index >= 15 is 0 Å². The Morgan fingerprint density at radius 1 is 1.12 bits per heavy atom. The van der Waals surface area contributed by atoms with E-state index in [1.54, 1.807) is 18.2 Å². The van der Waals surface area contributed by atoms with Crippen LogP contribution < -0.4 is 11.1 Å². The molecule has 4 rings (SSSR count). The summed E-state index contributed by atoms with van der Waals surface area (Å²) in [6.45, 7) is 0.735. The molecule has 1 heterocycles. The molecule has 2 aromatic carbocycles. The second-order valence-electron chi connectivity index (χ2n) is 8.63. The number of amides is 2. The van der Waals surface area contributed by atoms with Gasteiger partial charge in [-0.2, -0.15) is 13.2 Å². The molecule has 2 amide bonds.